The van der Waals surface area contributed by atoms with Crippen molar-refractivity contribution < 1.29 is 0 Å². The molecular formula is C18H12ClN3OS. The van der Waals surface area contributed by atoms with E-state index in [2.05, 4.69) is 16.5 Å². The van der Waals surface area contributed by atoms with Gasteiger partial charge in [0.2, 0.25) is 0 Å². The lowest BCUT2D eigenvalue weighted by molar-refractivity contribution is 0.967. The molecule has 4 rings (SSSR count). The highest BCUT2D eigenvalue weighted by Crippen LogP contribution is 2.31. The summed E-state index contributed by atoms with van der Waals surface area (Å²) >= 11 is 7.29. The number of nitrogens with zero attached hydrogens (tertiary/aromatic N) is 3. The summed E-state index contributed by atoms with van der Waals surface area (Å²) in [6.45, 7) is 3.79. The van der Waals surface area contributed by atoms with Crippen LogP contribution in [0.15, 0.2) is 60.3 Å². The molecule has 0 aliphatic heterocycles. The number of allylic oxidation sites excluding steroid dienone is 1. The molecule has 0 spiro atoms. The van der Waals surface area contributed by atoms with Gasteiger partial charge in [-0.15, -0.1) is 17.9 Å². The largest absolute Gasteiger partial charge is 0.275 e. The first kappa shape index (κ1) is 15.1. The minimum absolute atomic E-state index is 0.102. The Hall–Kier alpha value is -2.50. The monoisotopic (exact) mass is 353 g/mol. The maximum absolute atomic E-state index is 12.9. The number of aromatic nitrogens is 3. The molecule has 3 aromatic heterocycles. The molecule has 0 aliphatic rings. The van der Waals surface area contributed by atoms with Gasteiger partial charge in [0.15, 0.2) is 0 Å². The molecule has 0 atom stereocenters. The van der Waals surface area contributed by atoms with E-state index in [-0.39, 0.29) is 5.56 Å². The second-order valence-corrected chi connectivity index (χ2v) is 6.75. The quantitative estimate of drug-likeness (QED) is 0.513. The zero-order valence-corrected chi connectivity index (χ0v) is 14.1. The lowest BCUT2D eigenvalue weighted by Crippen LogP contribution is -2.17. The van der Waals surface area contributed by atoms with Crippen molar-refractivity contribution in [2.24, 2.45) is 0 Å². The Balaban J connectivity index is 2.02. The average Bonchev–Trinajstić information content (AvgIpc) is 2.97. The number of halogens is 1. The van der Waals surface area contributed by atoms with Crippen LogP contribution >= 0.6 is 22.9 Å². The Morgan fingerprint density at radius 2 is 2.00 bits per heavy atom. The fourth-order valence-corrected chi connectivity index (χ4v) is 3.93. The van der Waals surface area contributed by atoms with Crippen molar-refractivity contribution in [1.29, 1.82) is 0 Å². The van der Waals surface area contributed by atoms with Crippen LogP contribution in [0.1, 0.15) is 5.56 Å². The molecule has 0 bridgehead atoms. The highest BCUT2D eigenvalue weighted by molar-refractivity contribution is 7.25. The lowest BCUT2D eigenvalue weighted by atomic mass is 10.1. The summed E-state index contributed by atoms with van der Waals surface area (Å²) in [5, 5.41) is 1.57. The third-order valence-electron chi connectivity index (χ3n) is 3.84. The number of fused-ring (bicyclic) bond motifs is 3. The van der Waals surface area contributed by atoms with E-state index >= 15 is 0 Å². The zero-order chi connectivity index (χ0) is 16.7. The molecule has 0 fully saturated rings. The summed E-state index contributed by atoms with van der Waals surface area (Å²) in [4.78, 5) is 22.7. The minimum atomic E-state index is -0.102. The van der Waals surface area contributed by atoms with E-state index in [0.29, 0.717) is 21.7 Å². The molecule has 0 N–H and O–H groups in total. The summed E-state index contributed by atoms with van der Waals surface area (Å²) in [7, 11) is 0. The van der Waals surface area contributed by atoms with Gasteiger partial charge >= 0.3 is 0 Å². The smallest absolute Gasteiger partial charge is 0.267 e. The molecule has 1 aromatic carbocycles. The first-order valence-electron chi connectivity index (χ1n) is 7.33. The highest BCUT2D eigenvalue weighted by atomic mass is 35.5. The first-order valence-corrected chi connectivity index (χ1v) is 8.53. The van der Waals surface area contributed by atoms with Gasteiger partial charge in [-0.05, 0) is 42.3 Å². The first-order chi connectivity index (χ1) is 11.7. The van der Waals surface area contributed by atoms with E-state index < -0.39 is 0 Å². The number of hydrogen-bond acceptors (Lipinski definition) is 4. The van der Waals surface area contributed by atoms with Crippen molar-refractivity contribution in [3.8, 4) is 5.69 Å². The van der Waals surface area contributed by atoms with Crippen LogP contribution < -0.4 is 5.56 Å². The Labute approximate surface area is 146 Å². The molecule has 24 heavy (non-hydrogen) atoms. The van der Waals surface area contributed by atoms with Crippen LogP contribution in [0.2, 0.25) is 5.02 Å². The molecule has 118 valence electrons. The minimum Gasteiger partial charge on any atom is -0.267 e. The Morgan fingerprint density at radius 1 is 1.21 bits per heavy atom. The van der Waals surface area contributed by atoms with Gasteiger partial charge in [-0.25, -0.2) is 9.97 Å². The van der Waals surface area contributed by atoms with Crippen LogP contribution in [-0.2, 0) is 6.42 Å². The van der Waals surface area contributed by atoms with Crippen LogP contribution in [0.25, 0.3) is 26.1 Å². The third-order valence-corrected chi connectivity index (χ3v) is 5.16. The van der Waals surface area contributed by atoms with E-state index in [4.69, 9.17) is 11.6 Å². The fourth-order valence-electron chi connectivity index (χ4n) is 2.73. The van der Waals surface area contributed by atoms with Crippen LogP contribution in [0.5, 0.6) is 0 Å². The number of hydrogen-bond donors (Lipinski definition) is 0. The zero-order valence-electron chi connectivity index (χ0n) is 12.6. The van der Waals surface area contributed by atoms with E-state index in [1.807, 2.05) is 12.1 Å². The summed E-state index contributed by atoms with van der Waals surface area (Å²) in [6.07, 6.45) is 5.87. The molecule has 4 aromatic rings. The molecule has 0 saturated heterocycles. The summed E-state index contributed by atoms with van der Waals surface area (Å²) in [5.74, 6) is 0. The molecule has 0 unspecified atom stereocenters. The maximum atomic E-state index is 12.9. The number of rotatable bonds is 3. The molecular weight excluding hydrogens is 342 g/mol. The molecule has 0 amide bonds. The second kappa shape index (κ2) is 5.85. The van der Waals surface area contributed by atoms with Gasteiger partial charge in [0.25, 0.3) is 5.56 Å². The summed E-state index contributed by atoms with van der Waals surface area (Å²) in [5.41, 5.74) is 2.41. The van der Waals surface area contributed by atoms with E-state index in [1.165, 1.54) is 15.9 Å². The topological polar surface area (TPSA) is 47.8 Å². The molecule has 0 aliphatic carbocycles. The van der Waals surface area contributed by atoms with Crippen molar-refractivity contribution in [1.82, 2.24) is 14.5 Å². The predicted octanol–water partition coefficient (Wildman–Crippen LogP) is 4.38. The molecule has 0 radical (unpaired) electrons. The Kier molecular flexibility index (Phi) is 3.67. The van der Waals surface area contributed by atoms with Gasteiger partial charge in [-0.2, -0.15) is 0 Å². The Bertz CT molecular complexity index is 1130. The van der Waals surface area contributed by atoms with Crippen LogP contribution in [0.3, 0.4) is 0 Å². The molecule has 3 heterocycles. The van der Waals surface area contributed by atoms with Crippen molar-refractivity contribution in [3.63, 3.8) is 0 Å². The van der Waals surface area contributed by atoms with Gasteiger partial charge in [0.1, 0.15) is 15.9 Å². The van der Waals surface area contributed by atoms with Crippen LogP contribution in [-0.4, -0.2) is 14.5 Å². The molecule has 4 nitrogen and oxygen atoms in total. The molecule has 6 heteroatoms. The number of pyridine rings is 1. The summed E-state index contributed by atoms with van der Waals surface area (Å²) < 4.78 is 2.13. The predicted molar refractivity (Wildman–Crippen MR) is 99.4 cm³/mol. The molecule has 0 saturated carbocycles. The van der Waals surface area contributed by atoms with E-state index in [0.717, 1.165) is 21.5 Å². The van der Waals surface area contributed by atoms with Gasteiger partial charge in [0, 0.05) is 16.6 Å². The summed E-state index contributed by atoms with van der Waals surface area (Å²) in [6, 6.07) is 9.05. The number of benzene rings is 1. The maximum Gasteiger partial charge on any atom is 0.275 e. The van der Waals surface area contributed by atoms with Crippen LogP contribution in [0, 0.1) is 0 Å². The van der Waals surface area contributed by atoms with Crippen LogP contribution in [0.4, 0.5) is 0 Å². The normalized spacial score (nSPS) is 11.2. The van der Waals surface area contributed by atoms with Crippen molar-refractivity contribution >= 4 is 43.4 Å². The van der Waals surface area contributed by atoms with Crippen molar-refractivity contribution in [2.75, 3.05) is 0 Å². The van der Waals surface area contributed by atoms with E-state index in [9.17, 15) is 4.79 Å². The fraction of sp³-hybridized carbons (Fsp3) is 0.0556. The van der Waals surface area contributed by atoms with E-state index in [1.54, 1.807) is 36.8 Å². The standard InChI is InChI=1S/C18H12ClN3OS/c1-2-3-11-8-9-20-17-14(11)15-16(24-17)18(23)22(10-21-15)13-6-4-12(19)5-7-13/h2,4-10H,1,3H2. The second-order valence-electron chi connectivity index (χ2n) is 5.32. The van der Waals surface area contributed by atoms with Gasteiger partial charge in [0.05, 0.1) is 11.2 Å². The van der Waals surface area contributed by atoms with Crippen molar-refractivity contribution in [2.45, 2.75) is 6.42 Å². The third kappa shape index (κ3) is 2.33. The van der Waals surface area contributed by atoms with Gasteiger partial charge in [-0.1, -0.05) is 17.7 Å². The SMILES string of the molecule is C=CCc1ccnc2sc3c(=O)n(-c4ccc(Cl)cc4)cnc3c12. The average molecular weight is 354 g/mol. The lowest BCUT2D eigenvalue weighted by Gasteiger charge is -2.05. The highest BCUT2D eigenvalue weighted by Gasteiger charge is 2.15. The van der Waals surface area contributed by atoms with Gasteiger partial charge < -0.3 is 0 Å². The van der Waals surface area contributed by atoms with Crippen molar-refractivity contribution in [3.05, 3.63) is 76.5 Å². The number of thiophene rings is 1. The van der Waals surface area contributed by atoms with Gasteiger partial charge in [-0.3, -0.25) is 9.36 Å². The Morgan fingerprint density at radius 3 is 2.75 bits per heavy atom.